The predicted octanol–water partition coefficient (Wildman–Crippen LogP) is 5.04. The van der Waals surface area contributed by atoms with E-state index < -0.39 is 5.97 Å². The van der Waals surface area contributed by atoms with E-state index in [1.54, 1.807) is 0 Å². The molecule has 1 N–H and O–H groups in total. The van der Waals surface area contributed by atoms with Crippen LogP contribution in [0.2, 0.25) is 0 Å². The number of unbranched alkanes of at least 4 members (excludes halogenated alkanes) is 14. The summed E-state index contributed by atoms with van der Waals surface area (Å²) in [5.41, 5.74) is 0. The summed E-state index contributed by atoms with van der Waals surface area (Å²) in [4.78, 5) is 10.3. The molecule has 0 rings (SSSR count). The summed E-state index contributed by atoms with van der Waals surface area (Å²) in [6, 6.07) is 0. The Hall–Kier alpha value is 2.11. The molecule has 0 aliphatic heterocycles. The molecular weight excluding hydrogens is 310 g/mol. The van der Waals surface area contributed by atoms with Gasteiger partial charge in [-0.05, 0) is 6.42 Å². The van der Waals surface area contributed by atoms with Gasteiger partial charge < -0.3 is 5.11 Å². The van der Waals surface area contributed by atoms with E-state index >= 15 is 0 Å². The van der Waals surface area contributed by atoms with E-state index in [0.29, 0.717) is 6.42 Å². The number of carboxylic acids is 1. The molecule has 0 aliphatic carbocycles. The quantitative estimate of drug-likeness (QED) is 0.313. The second-order valence-corrected chi connectivity index (χ2v) is 6.09. The number of carbonyl (C=O) groups is 1. The van der Waals surface area contributed by atoms with Crippen LogP contribution in [0.1, 0.15) is 110 Å². The van der Waals surface area contributed by atoms with Crippen molar-refractivity contribution in [3.63, 3.8) is 0 Å². The molecule has 4 heteroatoms. The van der Waals surface area contributed by atoms with Crippen LogP contribution >= 0.6 is 0 Å². The minimum absolute atomic E-state index is 0. The van der Waals surface area contributed by atoms with Gasteiger partial charge in [0, 0.05) is 6.42 Å². The van der Waals surface area contributed by atoms with Crippen molar-refractivity contribution in [2.75, 3.05) is 0 Å². The summed E-state index contributed by atoms with van der Waals surface area (Å²) in [6.45, 7) is 2.27. The van der Waals surface area contributed by atoms with Crippen LogP contribution in [0.15, 0.2) is 0 Å². The summed E-state index contributed by atoms with van der Waals surface area (Å²) in [7, 11) is 0. The van der Waals surface area contributed by atoms with E-state index in [4.69, 9.17) is 5.11 Å². The first kappa shape index (κ1) is 28.9. The average molecular weight is 349 g/mol. The number of carboxylic acid groups (broad SMARTS) is 1. The van der Waals surface area contributed by atoms with Gasteiger partial charge in [-0.2, -0.15) is 0 Å². The maximum atomic E-state index is 10.3. The molecule has 0 aromatic rings. The monoisotopic (exact) mass is 348 g/mol. The van der Waals surface area contributed by atoms with Crippen molar-refractivity contribution in [2.45, 2.75) is 110 Å². The molecule has 2 nitrogen and oxygen atoms in total. The Balaban J connectivity index is -0.00000180. The molecule has 0 unspecified atom stereocenters. The van der Waals surface area contributed by atoms with Gasteiger partial charge in [0.1, 0.15) is 0 Å². The fourth-order valence-electron chi connectivity index (χ4n) is 2.65. The van der Waals surface area contributed by atoms with Gasteiger partial charge >= 0.3 is 86.9 Å². The van der Waals surface area contributed by atoms with Gasteiger partial charge in [-0.3, -0.25) is 4.79 Å². The Labute approximate surface area is 203 Å². The molecule has 124 valence electrons. The standard InChI is InChI=1S/C18H36O2.K.Na.2H/c1-2-3-4-5-6-7-8-9-10-11-12-13-14-15-16-17-18(19)20;;;;/h2-17H2,1H3,(H,19,20);;;;. The molecule has 0 radical (unpaired) electrons. The van der Waals surface area contributed by atoms with Gasteiger partial charge in [-0.1, -0.05) is 96.8 Å². The summed E-state index contributed by atoms with van der Waals surface area (Å²) < 4.78 is 0. The normalized spacial score (nSPS) is 9.86. The van der Waals surface area contributed by atoms with Gasteiger partial charge in [0.25, 0.3) is 0 Å². The SMILES string of the molecule is CCCCCCCCCCCCCCCCCC(=O)O.[KH].[NaH]. The van der Waals surface area contributed by atoms with Gasteiger partial charge in [-0.25, -0.2) is 0 Å². The van der Waals surface area contributed by atoms with Crippen LogP contribution in [-0.2, 0) is 4.79 Å². The molecule has 0 fully saturated rings. The first-order valence-corrected chi connectivity index (χ1v) is 8.99. The third kappa shape index (κ3) is 27.0. The molecule has 0 bridgehead atoms. The van der Waals surface area contributed by atoms with Gasteiger partial charge in [0.15, 0.2) is 0 Å². The van der Waals surface area contributed by atoms with Crippen molar-refractivity contribution in [1.82, 2.24) is 0 Å². The van der Waals surface area contributed by atoms with E-state index in [1.807, 2.05) is 0 Å². The van der Waals surface area contributed by atoms with Crippen LogP contribution in [0.5, 0.6) is 0 Å². The molecular formula is C18H38KNaO2. The Kier molecular flexibility index (Phi) is 33.3. The van der Waals surface area contributed by atoms with Crippen LogP contribution in [0.4, 0.5) is 0 Å². The van der Waals surface area contributed by atoms with Crippen molar-refractivity contribution in [3.8, 4) is 0 Å². The van der Waals surface area contributed by atoms with E-state index in [2.05, 4.69) is 6.92 Å². The van der Waals surface area contributed by atoms with Crippen molar-refractivity contribution < 1.29 is 9.90 Å². The maximum absolute atomic E-state index is 10.3. The Bertz CT molecular complexity index is 213. The average Bonchev–Trinajstić information content (AvgIpc) is 2.43. The molecule has 22 heavy (non-hydrogen) atoms. The van der Waals surface area contributed by atoms with Crippen molar-refractivity contribution >= 4 is 86.9 Å². The van der Waals surface area contributed by atoms with Crippen LogP contribution < -0.4 is 0 Å². The second kappa shape index (κ2) is 25.3. The van der Waals surface area contributed by atoms with Crippen molar-refractivity contribution in [1.29, 1.82) is 0 Å². The zero-order valence-electron chi connectivity index (χ0n) is 13.7. The molecule has 0 aromatic heterocycles. The Morgan fingerprint density at radius 2 is 0.909 bits per heavy atom. The molecule has 0 saturated heterocycles. The molecule has 0 aliphatic rings. The Morgan fingerprint density at radius 1 is 0.636 bits per heavy atom. The van der Waals surface area contributed by atoms with Crippen LogP contribution in [0, 0.1) is 0 Å². The van der Waals surface area contributed by atoms with E-state index in [9.17, 15) is 4.79 Å². The van der Waals surface area contributed by atoms with E-state index in [1.165, 1.54) is 83.5 Å². The molecule has 0 aromatic carbocycles. The number of hydrogen-bond donors (Lipinski definition) is 1. The summed E-state index contributed by atoms with van der Waals surface area (Å²) in [5, 5.41) is 8.52. The fraction of sp³-hybridized carbons (Fsp3) is 0.944. The number of rotatable bonds is 16. The summed E-state index contributed by atoms with van der Waals surface area (Å²) in [5.74, 6) is -0.653. The zero-order chi connectivity index (χ0) is 14.9. The molecule has 0 atom stereocenters. The minimum atomic E-state index is -0.653. The van der Waals surface area contributed by atoms with Crippen LogP contribution in [0.25, 0.3) is 0 Å². The van der Waals surface area contributed by atoms with Crippen molar-refractivity contribution in [3.05, 3.63) is 0 Å². The Morgan fingerprint density at radius 3 is 1.18 bits per heavy atom. The summed E-state index contributed by atoms with van der Waals surface area (Å²) >= 11 is 0. The third-order valence-electron chi connectivity index (χ3n) is 3.99. The van der Waals surface area contributed by atoms with Gasteiger partial charge in [-0.15, -0.1) is 0 Å². The van der Waals surface area contributed by atoms with E-state index in [0.717, 1.165) is 12.8 Å². The fourth-order valence-corrected chi connectivity index (χ4v) is 2.65. The first-order valence-electron chi connectivity index (χ1n) is 8.99. The van der Waals surface area contributed by atoms with E-state index in [-0.39, 0.29) is 80.9 Å². The van der Waals surface area contributed by atoms with Gasteiger partial charge in [0.05, 0.1) is 0 Å². The zero-order valence-corrected chi connectivity index (χ0v) is 13.7. The molecule has 0 heterocycles. The second-order valence-electron chi connectivity index (χ2n) is 6.09. The van der Waals surface area contributed by atoms with Crippen LogP contribution in [-0.4, -0.2) is 92.0 Å². The molecule has 0 amide bonds. The van der Waals surface area contributed by atoms with Gasteiger partial charge in [0.2, 0.25) is 0 Å². The first-order chi connectivity index (χ1) is 9.77. The molecule has 0 saturated carbocycles. The third-order valence-corrected chi connectivity index (χ3v) is 3.99. The number of aliphatic carboxylic acids is 1. The van der Waals surface area contributed by atoms with Crippen LogP contribution in [0.3, 0.4) is 0 Å². The molecule has 0 spiro atoms. The predicted molar refractivity (Wildman–Crippen MR) is 101 cm³/mol. The topological polar surface area (TPSA) is 37.3 Å². The van der Waals surface area contributed by atoms with Crippen molar-refractivity contribution in [2.24, 2.45) is 0 Å². The number of hydrogen-bond acceptors (Lipinski definition) is 1. The summed E-state index contributed by atoms with van der Waals surface area (Å²) in [6.07, 6.45) is 20.2.